The lowest BCUT2D eigenvalue weighted by Gasteiger charge is -2.14. The van der Waals surface area contributed by atoms with E-state index in [1.807, 2.05) is 31.2 Å². The Bertz CT molecular complexity index is 504. The smallest absolute Gasteiger partial charge is 0.254 e. The van der Waals surface area contributed by atoms with Crippen molar-refractivity contribution in [3.05, 3.63) is 53.3 Å². The van der Waals surface area contributed by atoms with E-state index in [4.69, 9.17) is 5.73 Å². The first-order valence-corrected chi connectivity index (χ1v) is 5.79. The number of nitrogens with two attached hydrogens (primary N) is 1. The molecule has 1 aromatic carbocycles. The van der Waals surface area contributed by atoms with Crippen LogP contribution in [0.3, 0.4) is 0 Å². The van der Waals surface area contributed by atoms with Crippen molar-refractivity contribution < 1.29 is 4.79 Å². The number of carbonyl (C=O) groups is 1. The summed E-state index contributed by atoms with van der Waals surface area (Å²) in [4.78, 5) is 11.8. The van der Waals surface area contributed by atoms with Gasteiger partial charge < -0.3 is 11.1 Å². The molecule has 1 unspecified atom stereocenters. The predicted molar refractivity (Wildman–Crippen MR) is 68.8 cm³/mol. The quantitative estimate of drug-likeness (QED) is 0.759. The number of rotatable bonds is 4. The number of H-pyrrole nitrogens is 1. The van der Waals surface area contributed by atoms with E-state index in [1.165, 1.54) is 6.20 Å². The van der Waals surface area contributed by atoms with Crippen LogP contribution in [0, 0.1) is 0 Å². The number of amides is 1. The number of nitrogens with one attached hydrogen (secondary N) is 2. The standard InChI is InChI=1S/C13H16N4O/c1-9(11-4-2-10(6-14)3-5-11)17-13(18)12-7-15-16-8-12/h2-5,7-9H,6,14H2,1H3,(H,15,16)(H,17,18). The summed E-state index contributed by atoms with van der Waals surface area (Å²) < 4.78 is 0. The number of carbonyl (C=O) groups excluding carboxylic acids is 1. The summed E-state index contributed by atoms with van der Waals surface area (Å²) in [6.45, 7) is 2.46. The highest BCUT2D eigenvalue weighted by atomic mass is 16.1. The van der Waals surface area contributed by atoms with Gasteiger partial charge in [0.2, 0.25) is 0 Å². The van der Waals surface area contributed by atoms with Gasteiger partial charge in [0.25, 0.3) is 5.91 Å². The molecule has 1 heterocycles. The molecule has 0 fully saturated rings. The highest BCUT2D eigenvalue weighted by molar-refractivity contribution is 5.93. The van der Waals surface area contributed by atoms with Gasteiger partial charge in [-0.1, -0.05) is 24.3 Å². The molecule has 0 saturated carbocycles. The summed E-state index contributed by atoms with van der Waals surface area (Å²) in [6, 6.07) is 7.83. The third-order valence-corrected chi connectivity index (χ3v) is 2.82. The normalized spacial score (nSPS) is 12.1. The fourth-order valence-electron chi connectivity index (χ4n) is 1.68. The zero-order valence-electron chi connectivity index (χ0n) is 10.2. The number of nitrogens with zero attached hydrogens (tertiary/aromatic N) is 1. The molecule has 5 nitrogen and oxygen atoms in total. The van der Waals surface area contributed by atoms with E-state index in [0.717, 1.165) is 11.1 Å². The lowest BCUT2D eigenvalue weighted by atomic mass is 10.1. The van der Waals surface area contributed by atoms with Gasteiger partial charge in [0, 0.05) is 12.7 Å². The van der Waals surface area contributed by atoms with E-state index in [9.17, 15) is 4.79 Å². The van der Waals surface area contributed by atoms with Crippen LogP contribution < -0.4 is 11.1 Å². The number of aromatic nitrogens is 2. The molecule has 0 radical (unpaired) electrons. The van der Waals surface area contributed by atoms with E-state index in [1.54, 1.807) is 6.20 Å². The van der Waals surface area contributed by atoms with Crippen LogP contribution in [-0.2, 0) is 6.54 Å². The largest absolute Gasteiger partial charge is 0.345 e. The summed E-state index contributed by atoms with van der Waals surface area (Å²) in [7, 11) is 0. The van der Waals surface area contributed by atoms with Crippen molar-refractivity contribution in [2.75, 3.05) is 0 Å². The Morgan fingerprint density at radius 3 is 2.72 bits per heavy atom. The molecule has 1 amide bonds. The molecule has 2 aromatic rings. The van der Waals surface area contributed by atoms with Crippen LogP contribution >= 0.6 is 0 Å². The number of benzene rings is 1. The molecule has 1 aromatic heterocycles. The van der Waals surface area contributed by atoms with E-state index < -0.39 is 0 Å². The second kappa shape index (κ2) is 5.46. The Morgan fingerprint density at radius 2 is 2.17 bits per heavy atom. The first-order valence-electron chi connectivity index (χ1n) is 5.79. The molecule has 94 valence electrons. The molecule has 0 spiro atoms. The molecule has 1 atom stereocenters. The molecule has 18 heavy (non-hydrogen) atoms. The van der Waals surface area contributed by atoms with Crippen molar-refractivity contribution in [3.8, 4) is 0 Å². The van der Waals surface area contributed by atoms with Crippen LogP contribution in [0.1, 0.15) is 34.5 Å². The average molecular weight is 244 g/mol. The summed E-state index contributed by atoms with van der Waals surface area (Å²) >= 11 is 0. The van der Waals surface area contributed by atoms with Gasteiger partial charge in [0.1, 0.15) is 0 Å². The molecule has 2 rings (SSSR count). The Morgan fingerprint density at radius 1 is 1.44 bits per heavy atom. The molecule has 5 heteroatoms. The lowest BCUT2D eigenvalue weighted by molar-refractivity contribution is 0.0940. The summed E-state index contributed by atoms with van der Waals surface area (Å²) in [5.74, 6) is -0.140. The van der Waals surface area contributed by atoms with Gasteiger partial charge >= 0.3 is 0 Å². The zero-order valence-corrected chi connectivity index (χ0v) is 10.2. The van der Waals surface area contributed by atoms with Crippen LogP contribution in [0.25, 0.3) is 0 Å². The molecule has 4 N–H and O–H groups in total. The second-order valence-corrected chi connectivity index (χ2v) is 4.13. The predicted octanol–water partition coefficient (Wildman–Crippen LogP) is 1.36. The summed E-state index contributed by atoms with van der Waals surface area (Å²) in [5, 5.41) is 9.27. The van der Waals surface area contributed by atoms with Gasteiger partial charge in [-0.15, -0.1) is 0 Å². The molecule has 0 aliphatic rings. The fraction of sp³-hybridized carbons (Fsp3) is 0.231. The molecule has 0 bridgehead atoms. The molecule has 0 aliphatic carbocycles. The van der Waals surface area contributed by atoms with Crippen LogP contribution in [0.15, 0.2) is 36.7 Å². The van der Waals surface area contributed by atoms with E-state index in [-0.39, 0.29) is 11.9 Å². The van der Waals surface area contributed by atoms with Crippen molar-refractivity contribution in [2.24, 2.45) is 5.73 Å². The first-order chi connectivity index (χ1) is 8.70. The summed E-state index contributed by atoms with van der Waals surface area (Å²) in [6.07, 6.45) is 3.07. The topological polar surface area (TPSA) is 83.8 Å². The van der Waals surface area contributed by atoms with Crippen molar-refractivity contribution in [1.29, 1.82) is 0 Å². The minimum Gasteiger partial charge on any atom is -0.345 e. The number of aromatic amines is 1. The van der Waals surface area contributed by atoms with E-state index >= 15 is 0 Å². The lowest BCUT2D eigenvalue weighted by Crippen LogP contribution is -2.26. The SMILES string of the molecule is CC(NC(=O)c1cn[nH]c1)c1ccc(CN)cc1. The average Bonchev–Trinajstić information content (AvgIpc) is 2.92. The monoisotopic (exact) mass is 244 g/mol. The Kier molecular flexibility index (Phi) is 3.74. The van der Waals surface area contributed by atoms with E-state index in [2.05, 4.69) is 15.5 Å². The van der Waals surface area contributed by atoms with Gasteiger partial charge in [0.15, 0.2) is 0 Å². The third kappa shape index (κ3) is 2.75. The highest BCUT2D eigenvalue weighted by Gasteiger charge is 2.11. The Labute approximate surface area is 105 Å². The molecular formula is C13H16N4O. The Hall–Kier alpha value is -2.14. The molecule has 0 saturated heterocycles. The van der Waals surface area contributed by atoms with Crippen molar-refractivity contribution in [3.63, 3.8) is 0 Å². The van der Waals surface area contributed by atoms with Crippen LogP contribution in [0.4, 0.5) is 0 Å². The number of hydrogen-bond donors (Lipinski definition) is 3. The fourth-order valence-corrected chi connectivity index (χ4v) is 1.68. The molecular weight excluding hydrogens is 228 g/mol. The van der Waals surface area contributed by atoms with Crippen LogP contribution in [0.2, 0.25) is 0 Å². The van der Waals surface area contributed by atoms with Gasteiger partial charge in [0.05, 0.1) is 17.8 Å². The highest BCUT2D eigenvalue weighted by Crippen LogP contribution is 2.13. The number of hydrogen-bond acceptors (Lipinski definition) is 3. The molecule has 0 aliphatic heterocycles. The van der Waals surface area contributed by atoms with Crippen molar-refractivity contribution in [1.82, 2.24) is 15.5 Å². The maximum Gasteiger partial charge on any atom is 0.254 e. The van der Waals surface area contributed by atoms with E-state index in [0.29, 0.717) is 12.1 Å². The second-order valence-electron chi connectivity index (χ2n) is 4.13. The third-order valence-electron chi connectivity index (χ3n) is 2.82. The van der Waals surface area contributed by atoms with Gasteiger partial charge in [-0.25, -0.2) is 0 Å². The van der Waals surface area contributed by atoms with Crippen LogP contribution in [0.5, 0.6) is 0 Å². The first kappa shape index (κ1) is 12.3. The maximum absolute atomic E-state index is 11.8. The van der Waals surface area contributed by atoms with Crippen molar-refractivity contribution in [2.45, 2.75) is 19.5 Å². The Balaban J connectivity index is 2.02. The van der Waals surface area contributed by atoms with Crippen molar-refractivity contribution >= 4 is 5.91 Å². The van der Waals surface area contributed by atoms with Gasteiger partial charge in [-0.3, -0.25) is 9.89 Å². The van der Waals surface area contributed by atoms with Crippen LogP contribution in [-0.4, -0.2) is 16.1 Å². The minimum atomic E-state index is -0.140. The van der Waals surface area contributed by atoms with Gasteiger partial charge in [-0.05, 0) is 18.1 Å². The minimum absolute atomic E-state index is 0.0563. The van der Waals surface area contributed by atoms with Gasteiger partial charge in [-0.2, -0.15) is 5.10 Å². The zero-order chi connectivity index (χ0) is 13.0. The maximum atomic E-state index is 11.8. The summed E-state index contributed by atoms with van der Waals surface area (Å²) in [5.41, 5.74) is 8.19.